The van der Waals surface area contributed by atoms with Crippen LogP contribution in [0, 0.1) is 0 Å². The van der Waals surface area contributed by atoms with Crippen LogP contribution in [0.4, 0.5) is 0 Å². The molecule has 2 amide bonds. The van der Waals surface area contributed by atoms with Crippen LogP contribution >= 0.6 is 11.6 Å². The molecule has 0 bridgehead atoms. The monoisotopic (exact) mass is 294 g/mol. The minimum atomic E-state index is -0.860. The van der Waals surface area contributed by atoms with E-state index in [1.165, 1.54) is 0 Å². The maximum Gasteiger partial charge on any atom is 0.248 e. The summed E-state index contributed by atoms with van der Waals surface area (Å²) in [6, 6.07) is 6.94. The first kappa shape index (κ1) is 14.9. The number of hydrogen-bond donors (Lipinski definition) is 1. The van der Waals surface area contributed by atoms with Crippen LogP contribution in [0.2, 0.25) is 5.02 Å². The second-order valence-electron chi connectivity index (χ2n) is 5.60. The molecule has 1 N–H and O–H groups in total. The summed E-state index contributed by atoms with van der Waals surface area (Å²) in [5, 5.41) is 3.41. The molecule has 4 nitrogen and oxygen atoms in total. The van der Waals surface area contributed by atoms with Gasteiger partial charge >= 0.3 is 0 Å². The topological polar surface area (TPSA) is 49.4 Å². The highest BCUT2D eigenvalue weighted by atomic mass is 35.5. The van der Waals surface area contributed by atoms with Gasteiger partial charge < -0.3 is 10.2 Å². The van der Waals surface area contributed by atoms with E-state index in [-0.39, 0.29) is 11.8 Å². The SMILES string of the molecule is CCC1C(=O)NC(C)(C)C(=O)N1Cc1cccc(Cl)c1. The molecule has 1 atom stereocenters. The van der Waals surface area contributed by atoms with E-state index in [0.717, 1.165) is 5.56 Å². The average Bonchev–Trinajstić information content (AvgIpc) is 2.35. The van der Waals surface area contributed by atoms with Crippen molar-refractivity contribution < 1.29 is 9.59 Å². The second-order valence-corrected chi connectivity index (χ2v) is 6.04. The van der Waals surface area contributed by atoms with Gasteiger partial charge in [-0.2, -0.15) is 0 Å². The second kappa shape index (κ2) is 5.44. The molecule has 20 heavy (non-hydrogen) atoms. The molecular weight excluding hydrogens is 276 g/mol. The van der Waals surface area contributed by atoms with E-state index in [1.807, 2.05) is 25.1 Å². The van der Waals surface area contributed by atoms with Crippen molar-refractivity contribution in [3.63, 3.8) is 0 Å². The van der Waals surface area contributed by atoms with E-state index in [9.17, 15) is 9.59 Å². The average molecular weight is 295 g/mol. The first-order valence-electron chi connectivity index (χ1n) is 6.72. The Labute approximate surface area is 124 Å². The van der Waals surface area contributed by atoms with Crippen molar-refractivity contribution in [2.24, 2.45) is 0 Å². The van der Waals surface area contributed by atoms with Gasteiger partial charge in [-0.1, -0.05) is 30.7 Å². The van der Waals surface area contributed by atoms with Crippen molar-refractivity contribution in [3.05, 3.63) is 34.9 Å². The molecule has 0 radical (unpaired) electrons. The highest BCUT2D eigenvalue weighted by molar-refractivity contribution is 6.30. The van der Waals surface area contributed by atoms with Gasteiger partial charge in [0, 0.05) is 11.6 Å². The van der Waals surface area contributed by atoms with Gasteiger partial charge in [-0.3, -0.25) is 9.59 Å². The number of piperazine rings is 1. The number of nitrogens with zero attached hydrogens (tertiary/aromatic N) is 1. The van der Waals surface area contributed by atoms with Crippen molar-refractivity contribution in [2.75, 3.05) is 0 Å². The molecule has 1 aromatic rings. The highest BCUT2D eigenvalue weighted by Gasteiger charge is 2.44. The molecule has 1 heterocycles. The molecular formula is C15H19ClN2O2. The fraction of sp³-hybridized carbons (Fsp3) is 0.467. The van der Waals surface area contributed by atoms with Gasteiger partial charge in [-0.05, 0) is 38.0 Å². The normalized spacial score (nSPS) is 21.8. The molecule has 0 aliphatic carbocycles. The third-order valence-corrected chi connectivity index (χ3v) is 3.77. The molecule has 2 rings (SSSR count). The summed E-state index contributed by atoms with van der Waals surface area (Å²) in [5.74, 6) is -0.164. The zero-order valence-electron chi connectivity index (χ0n) is 11.9. The van der Waals surface area contributed by atoms with E-state index >= 15 is 0 Å². The summed E-state index contributed by atoms with van der Waals surface area (Å²) in [6.45, 7) is 5.75. The first-order chi connectivity index (χ1) is 9.35. The van der Waals surface area contributed by atoms with Crippen LogP contribution in [0.15, 0.2) is 24.3 Å². The number of carbonyl (C=O) groups excluding carboxylic acids is 2. The predicted octanol–water partition coefficient (Wildman–Crippen LogP) is 2.36. The molecule has 0 aromatic heterocycles. The van der Waals surface area contributed by atoms with Gasteiger partial charge in [0.05, 0.1) is 0 Å². The third kappa shape index (κ3) is 2.80. The predicted molar refractivity (Wildman–Crippen MR) is 78.3 cm³/mol. The van der Waals surface area contributed by atoms with Gasteiger partial charge in [-0.15, -0.1) is 0 Å². The number of carbonyl (C=O) groups is 2. The summed E-state index contributed by atoms with van der Waals surface area (Å²) in [6.07, 6.45) is 0.591. The number of nitrogens with one attached hydrogen (secondary N) is 1. The van der Waals surface area contributed by atoms with Crippen LogP contribution < -0.4 is 5.32 Å². The Kier molecular flexibility index (Phi) is 4.04. The molecule has 5 heteroatoms. The molecule has 1 fully saturated rings. The molecule has 1 saturated heterocycles. The van der Waals surface area contributed by atoms with Crippen molar-refractivity contribution in [1.29, 1.82) is 0 Å². The Balaban J connectivity index is 2.30. The molecule has 1 aliphatic heterocycles. The highest BCUT2D eigenvalue weighted by Crippen LogP contribution is 2.23. The standard InChI is InChI=1S/C15H19ClN2O2/c1-4-12-13(19)17-15(2,3)14(20)18(12)9-10-6-5-7-11(16)8-10/h5-8,12H,4,9H2,1-3H3,(H,17,19). The first-order valence-corrected chi connectivity index (χ1v) is 7.10. The summed E-state index contributed by atoms with van der Waals surface area (Å²) >= 11 is 5.97. The summed E-state index contributed by atoms with van der Waals surface area (Å²) < 4.78 is 0. The number of hydrogen-bond acceptors (Lipinski definition) is 2. The van der Waals surface area contributed by atoms with Crippen molar-refractivity contribution in [3.8, 4) is 0 Å². The lowest BCUT2D eigenvalue weighted by molar-refractivity contribution is -0.154. The quantitative estimate of drug-likeness (QED) is 0.930. The number of halogens is 1. The number of amides is 2. The Morgan fingerprint density at radius 1 is 1.35 bits per heavy atom. The van der Waals surface area contributed by atoms with Crippen molar-refractivity contribution in [2.45, 2.75) is 45.3 Å². The lowest BCUT2D eigenvalue weighted by atomic mass is 9.95. The van der Waals surface area contributed by atoms with Crippen molar-refractivity contribution in [1.82, 2.24) is 10.2 Å². The summed E-state index contributed by atoms with van der Waals surface area (Å²) in [5.41, 5.74) is 0.0659. The van der Waals surface area contributed by atoms with Crippen LogP contribution in [0.25, 0.3) is 0 Å². The van der Waals surface area contributed by atoms with Crippen molar-refractivity contribution >= 4 is 23.4 Å². The van der Waals surface area contributed by atoms with E-state index in [1.54, 1.807) is 24.8 Å². The van der Waals surface area contributed by atoms with E-state index < -0.39 is 11.6 Å². The van der Waals surface area contributed by atoms with Crippen LogP contribution in [-0.2, 0) is 16.1 Å². The molecule has 1 aliphatic rings. The largest absolute Gasteiger partial charge is 0.340 e. The van der Waals surface area contributed by atoms with Crippen LogP contribution in [-0.4, -0.2) is 28.3 Å². The Hall–Kier alpha value is -1.55. The Morgan fingerprint density at radius 2 is 2.05 bits per heavy atom. The molecule has 0 spiro atoms. The summed E-state index contributed by atoms with van der Waals surface area (Å²) in [4.78, 5) is 26.3. The summed E-state index contributed by atoms with van der Waals surface area (Å²) in [7, 11) is 0. The molecule has 0 saturated carbocycles. The molecule has 1 aromatic carbocycles. The Bertz CT molecular complexity index is 542. The fourth-order valence-corrected chi connectivity index (χ4v) is 2.72. The van der Waals surface area contributed by atoms with Gasteiger partial charge in [0.25, 0.3) is 0 Å². The number of benzene rings is 1. The van der Waals surface area contributed by atoms with Crippen LogP contribution in [0.5, 0.6) is 0 Å². The maximum atomic E-state index is 12.5. The van der Waals surface area contributed by atoms with E-state index in [2.05, 4.69) is 5.32 Å². The zero-order chi connectivity index (χ0) is 14.9. The minimum Gasteiger partial charge on any atom is -0.340 e. The molecule has 108 valence electrons. The smallest absolute Gasteiger partial charge is 0.248 e. The van der Waals surface area contributed by atoms with Crippen LogP contribution in [0.3, 0.4) is 0 Å². The zero-order valence-corrected chi connectivity index (χ0v) is 12.7. The van der Waals surface area contributed by atoms with Gasteiger partial charge in [0.2, 0.25) is 11.8 Å². The fourth-order valence-electron chi connectivity index (χ4n) is 2.51. The van der Waals surface area contributed by atoms with E-state index in [0.29, 0.717) is 18.0 Å². The van der Waals surface area contributed by atoms with E-state index in [4.69, 9.17) is 11.6 Å². The lowest BCUT2D eigenvalue weighted by Gasteiger charge is -2.42. The van der Waals surface area contributed by atoms with Gasteiger partial charge in [0.1, 0.15) is 11.6 Å². The Morgan fingerprint density at radius 3 is 2.65 bits per heavy atom. The van der Waals surface area contributed by atoms with Crippen LogP contribution in [0.1, 0.15) is 32.8 Å². The number of rotatable bonds is 3. The molecule has 1 unspecified atom stereocenters. The van der Waals surface area contributed by atoms with Gasteiger partial charge in [-0.25, -0.2) is 0 Å². The minimum absolute atomic E-state index is 0.0658. The van der Waals surface area contributed by atoms with Gasteiger partial charge in [0.15, 0.2) is 0 Å². The maximum absolute atomic E-state index is 12.5. The lowest BCUT2D eigenvalue weighted by Crippen LogP contribution is -2.67. The third-order valence-electron chi connectivity index (χ3n) is 3.54.